The van der Waals surface area contributed by atoms with Gasteiger partial charge in [0.15, 0.2) is 5.96 Å². The number of hydrogen-bond donors (Lipinski definition) is 1. The highest BCUT2D eigenvalue weighted by Crippen LogP contribution is 2.34. The van der Waals surface area contributed by atoms with E-state index in [2.05, 4.69) is 51.8 Å². The van der Waals surface area contributed by atoms with Crippen molar-refractivity contribution in [3.8, 4) is 0 Å². The summed E-state index contributed by atoms with van der Waals surface area (Å²) in [6.07, 6.45) is 0. The Morgan fingerprint density at radius 3 is 2.87 bits per heavy atom. The van der Waals surface area contributed by atoms with Gasteiger partial charge in [-0.15, -0.1) is 11.3 Å². The van der Waals surface area contributed by atoms with Crippen LogP contribution in [-0.2, 0) is 0 Å². The molecule has 1 atom stereocenters. The van der Waals surface area contributed by atoms with Gasteiger partial charge in [0.2, 0.25) is 0 Å². The van der Waals surface area contributed by atoms with Gasteiger partial charge in [0.25, 0.3) is 0 Å². The summed E-state index contributed by atoms with van der Waals surface area (Å²) in [5.41, 5.74) is 5.88. The van der Waals surface area contributed by atoms with E-state index in [4.69, 9.17) is 5.73 Å². The summed E-state index contributed by atoms with van der Waals surface area (Å²) in [6.45, 7) is 5.06. The number of nitrogens with zero attached hydrogens (tertiary/aromatic N) is 2. The number of nitrogens with two attached hydrogens (primary N) is 1. The molecule has 2 N–H and O–H groups in total. The molecule has 0 bridgehead atoms. The van der Waals surface area contributed by atoms with Crippen molar-refractivity contribution in [2.24, 2.45) is 10.7 Å². The van der Waals surface area contributed by atoms with Crippen molar-refractivity contribution in [3.63, 3.8) is 0 Å². The molecule has 0 fully saturated rings. The van der Waals surface area contributed by atoms with Crippen LogP contribution in [0.1, 0.15) is 24.8 Å². The number of rotatable bonds is 2. The Bertz CT molecular complexity index is 386. The first-order valence-electron chi connectivity index (χ1n) is 4.93. The van der Waals surface area contributed by atoms with Gasteiger partial charge in [0.1, 0.15) is 0 Å². The molecule has 0 amide bonds. The van der Waals surface area contributed by atoms with Crippen LogP contribution in [0.2, 0.25) is 0 Å². The summed E-state index contributed by atoms with van der Waals surface area (Å²) in [5.74, 6) is 0.666. The summed E-state index contributed by atoms with van der Waals surface area (Å²) in [4.78, 5) is 7.82. The second-order valence-electron chi connectivity index (χ2n) is 3.86. The van der Waals surface area contributed by atoms with Crippen molar-refractivity contribution < 1.29 is 0 Å². The lowest BCUT2D eigenvalue weighted by atomic mass is 10.2. The van der Waals surface area contributed by atoms with Gasteiger partial charge in [-0.3, -0.25) is 4.99 Å². The Morgan fingerprint density at radius 1 is 1.60 bits per heavy atom. The topological polar surface area (TPSA) is 41.6 Å². The summed E-state index contributed by atoms with van der Waals surface area (Å²) < 4.78 is 1.16. The summed E-state index contributed by atoms with van der Waals surface area (Å²) >= 11 is 5.24. The lowest BCUT2D eigenvalue weighted by Crippen LogP contribution is -2.40. The average Bonchev–Trinajstić information content (AvgIpc) is 2.71. The largest absolute Gasteiger partial charge is 0.370 e. The normalized spacial score (nSPS) is 21.2. The van der Waals surface area contributed by atoms with Gasteiger partial charge in [0.05, 0.1) is 16.4 Å². The maximum absolute atomic E-state index is 5.88. The first-order chi connectivity index (χ1) is 7.09. The van der Waals surface area contributed by atoms with Crippen molar-refractivity contribution in [2.75, 3.05) is 6.54 Å². The number of guanidine groups is 1. The number of thiophene rings is 1. The van der Waals surface area contributed by atoms with E-state index >= 15 is 0 Å². The molecule has 0 aliphatic carbocycles. The molecule has 0 saturated heterocycles. The molecule has 1 aromatic heterocycles. The SMILES string of the molecule is CC(C)N1C(N)=NCC1c1ccc(Br)s1. The molecule has 1 unspecified atom stereocenters. The Balaban J connectivity index is 2.24. The van der Waals surface area contributed by atoms with Gasteiger partial charge >= 0.3 is 0 Å². The highest BCUT2D eigenvalue weighted by Gasteiger charge is 2.30. The molecule has 15 heavy (non-hydrogen) atoms. The average molecular weight is 288 g/mol. The lowest BCUT2D eigenvalue weighted by Gasteiger charge is -2.29. The molecule has 0 saturated carbocycles. The molecular weight excluding hydrogens is 274 g/mol. The fourth-order valence-corrected chi connectivity index (χ4v) is 3.38. The van der Waals surface area contributed by atoms with Gasteiger partial charge in [-0.25, -0.2) is 0 Å². The summed E-state index contributed by atoms with van der Waals surface area (Å²) in [6, 6.07) is 4.93. The predicted molar refractivity (Wildman–Crippen MR) is 68.2 cm³/mol. The van der Waals surface area contributed by atoms with E-state index < -0.39 is 0 Å². The van der Waals surface area contributed by atoms with E-state index in [1.54, 1.807) is 11.3 Å². The zero-order chi connectivity index (χ0) is 11.0. The van der Waals surface area contributed by atoms with Crippen molar-refractivity contribution >= 4 is 33.2 Å². The molecule has 82 valence electrons. The minimum absolute atomic E-state index is 0.321. The van der Waals surface area contributed by atoms with E-state index in [0.717, 1.165) is 10.3 Å². The molecule has 0 radical (unpaired) electrons. The molecule has 1 aliphatic heterocycles. The van der Waals surface area contributed by atoms with Crippen molar-refractivity contribution in [3.05, 3.63) is 20.8 Å². The Kier molecular flexibility index (Phi) is 3.02. The highest BCUT2D eigenvalue weighted by atomic mass is 79.9. The lowest BCUT2D eigenvalue weighted by molar-refractivity contribution is 0.293. The second kappa shape index (κ2) is 4.14. The third kappa shape index (κ3) is 2.03. The van der Waals surface area contributed by atoms with Crippen LogP contribution < -0.4 is 5.73 Å². The van der Waals surface area contributed by atoms with Crippen LogP contribution >= 0.6 is 27.3 Å². The van der Waals surface area contributed by atoms with Crippen molar-refractivity contribution in [1.29, 1.82) is 0 Å². The number of hydrogen-bond acceptors (Lipinski definition) is 4. The minimum atomic E-state index is 0.321. The Labute approximate surface area is 102 Å². The molecule has 3 nitrogen and oxygen atoms in total. The van der Waals surface area contributed by atoms with Crippen LogP contribution in [0.25, 0.3) is 0 Å². The Hall–Kier alpha value is -0.550. The zero-order valence-corrected chi connectivity index (χ0v) is 11.2. The molecule has 0 aromatic carbocycles. The maximum Gasteiger partial charge on any atom is 0.192 e. The van der Waals surface area contributed by atoms with E-state index in [9.17, 15) is 0 Å². The second-order valence-corrected chi connectivity index (χ2v) is 6.35. The monoisotopic (exact) mass is 287 g/mol. The molecule has 2 heterocycles. The van der Waals surface area contributed by atoms with Crippen LogP contribution in [0, 0.1) is 0 Å². The van der Waals surface area contributed by atoms with Crippen LogP contribution in [0.4, 0.5) is 0 Å². The fraction of sp³-hybridized carbons (Fsp3) is 0.500. The Morgan fingerprint density at radius 2 is 2.33 bits per heavy atom. The van der Waals surface area contributed by atoms with Gasteiger partial charge in [0, 0.05) is 10.9 Å². The fourth-order valence-electron chi connectivity index (χ4n) is 1.87. The summed E-state index contributed by atoms with van der Waals surface area (Å²) in [7, 11) is 0. The van der Waals surface area contributed by atoms with E-state index in [1.807, 2.05) is 0 Å². The van der Waals surface area contributed by atoms with Crippen LogP contribution in [0.3, 0.4) is 0 Å². The number of halogens is 1. The van der Waals surface area contributed by atoms with E-state index in [0.29, 0.717) is 18.0 Å². The van der Waals surface area contributed by atoms with Crippen LogP contribution in [0.15, 0.2) is 20.9 Å². The molecular formula is C10H14BrN3S. The minimum Gasteiger partial charge on any atom is -0.370 e. The van der Waals surface area contributed by atoms with Gasteiger partial charge < -0.3 is 10.6 Å². The van der Waals surface area contributed by atoms with Crippen molar-refractivity contribution in [2.45, 2.75) is 25.9 Å². The standard InChI is InChI=1S/C10H14BrN3S/c1-6(2)14-7(5-13-10(14)12)8-3-4-9(11)15-8/h3-4,6-7H,5H2,1-2H3,(H2,12,13). The van der Waals surface area contributed by atoms with Gasteiger partial charge in [-0.1, -0.05) is 0 Å². The van der Waals surface area contributed by atoms with Crippen molar-refractivity contribution in [1.82, 2.24) is 4.90 Å². The third-order valence-corrected chi connectivity index (χ3v) is 4.23. The maximum atomic E-state index is 5.88. The molecule has 5 heteroatoms. The number of aliphatic imine (C=N–C) groups is 1. The highest BCUT2D eigenvalue weighted by molar-refractivity contribution is 9.11. The molecule has 2 rings (SSSR count). The molecule has 1 aliphatic rings. The van der Waals surface area contributed by atoms with E-state index in [1.165, 1.54) is 4.88 Å². The van der Waals surface area contributed by atoms with Crippen LogP contribution in [0.5, 0.6) is 0 Å². The zero-order valence-electron chi connectivity index (χ0n) is 8.77. The smallest absolute Gasteiger partial charge is 0.192 e. The first-order valence-corrected chi connectivity index (χ1v) is 6.54. The predicted octanol–water partition coefficient (Wildman–Crippen LogP) is 2.59. The van der Waals surface area contributed by atoms with Crippen LogP contribution in [-0.4, -0.2) is 23.4 Å². The summed E-state index contributed by atoms with van der Waals surface area (Å²) in [5, 5.41) is 0. The molecule has 1 aromatic rings. The molecule has 0 spiro atoms. The van der Waals surface area contributed by atoms with Gasteiger partial charge in [-0.2, -0.15) is 0 Å². The third-order valence-electron chi connectivity index (χ3n) is 2.51. The van der Waals surface area contributed by atoms with E-state index in [-0.39, 0.29) is 0 Å². The first kappa shape index (κ1) is 11.0. The van der Waals surface area contributed by atoms with Gasteiger partial charge in [-0.05, 0) is 41.9 Å². The quantitative estimate of drug-likeness (QED) is 0.908.